The van der Waals surface area contributed by atoms with Crippen molar-refractivity contribution in [1.29, 1.82) is 5.26 Å². The first-order chi connectivity index (χ1) is 10.0. The minimum Gasteiger partial charge on any atom is -0.486 e. The minimum atomic E-state index is -1.12. The molecule has 106 valence electrons. The van der Waals surface area contributed by atoms with Crippen LogP contribution in [0.5, 0.6) is 5.75 Å². The molecule has 2 rings (SSSR count). The molecule has 1 aromatic heterocycles. The highest BCUT2D eigenvalue weighted by Gasteiger charge is 2.14. The molecule has 0 amide bonds. The zero-order chi connectivity index (χ0) is 15.4. The van der Waals surface area contributed by atoms with Gasteiger partial charge in [0.1, 0.15) is 6.61 Å². The van der Waals surface area contributed by atoms with Crippen molar-refractivity contribution < 1.29 is 14.6 Å². The van der Waals surface area contributed by atoms with Crippen LogP contribution in [-0.4, -0.2) is 16.1 Å². The number of pyridine rings is 1. The number of aromatic carboxylic acids is 1. The molecule has 0 aliphatic rings. The Labute approximate surface area is 122 Å². The summed E-state index contributed by atoms with van der Waals surface area (Å²) in [6.07, 6.45) is 0. The second-order valence-corrected chi connectivity index (χ2v) is 4.65. The van der Waals surface area contributed by atoms with Crippen molar-refractivity contribution in [3.8, 4) is 11.8 Å². The lowest BCUT2D eigenvalue weighted by molar-refractivity contribution is 0.0684. The van der Waals surface area contributed by atoms with E-state index in [0.29, 0.717) is 11.3 Å². The first-order valence-electron chi connectivity index (χ1n) is 6.34. The van der Waals surface area contributed by atoms with Crippen LogP contribution in [0, 0.1) is 25.2 Å². The molecule has 0 saturated heterocycles. The molecule has 21 heavy (non-hydrogen) atoms. The Kier molecular flexibility index (Phi) is 4.19. The molecule has 1 aromatic carbocycles. The van der Waals surface area contributed by atoms with E-state index in [0.717, 1.165) is 11.1 Å². The summed E-state index contributed by atoms with van der Waals surface area (Å²) in [5.41, 5.74) is 2.92. The van der Waals surface area contributed by atoms with Crippen LogP contribution < -0.4 is 4.74 Å². The Morgan fingerprint density at radius 1 is 1.33 bits per heavy atom. The third kappa shape index (κ3) is 3.37. The lowest BCUT2D eigenvalue weighted by Gasteiger charge is -2.11. The van der Waals surface area contributed by atoms with Crippen LogP contribution in [0.4, 0.5) is 0 Å². The first kappa shape index (κ1) is 14.5. The normalized spacial score (nSPS) is 9.95. The van der Waals surface area contributed by atoms with Crippen LogP contribution in [0.25, 0.3) is 0 Å². The molecule has 0 bridgehead atoms. The summed E-state index contributed by atoms with van der Waals surface area (Å²) in [6.45, 7) is 3.83. The average molecular weight is 282 g/mol. The molecule has 1 N–H and O–H groups in total. The summed E-state index contributed by atoms with van der Waals surface area (Å²) in [4.78, 5) is 15.1. The van der Waals surface area contributed by atoms with Crippen molar-refractivity contribution in [2.24, 2.45) is 0 Å². The predicted octanol–water partition coefficient (Wildman–Crippen LogP) is 2.85. The van der Waals surface area contributed by atoms with Crippen LogP contribution in [0.1, 0.15) is 32.9 Å². The van der Waals surface area contributed by atoms with Crippen LogP contribution in [0.2, 0.25) is 0 Å². The van der Waals surface area contributed by atoms with E-state index < -0.39 is 5.97 Å². The van der Waals surface area contributed by atoms with Gasteiger partial charge in [-0.2, -0.15) is 5.26 Å². The standard InChI is InChI=1S/C16H14N2O3/c1-10-7-12(8-17)4-5-13(10)9-21-14-6-3-11(2)18-15(14)16(19)20/h3-7H,9H2,1-2H3,(H,19,20). The second-order valence-electron chi connectivity index (χ2n) is 4.65. The first-order valence-corrected chi connectivity index (χ1v) is 6.34. The Bertz CT molecular complexity index is 733. The summed E-state index contributed by atoms with van der Waals surface area (Å²) in [5, 5.41) is 18.0. The molecule has 0 aliphatic heterocycles. The minimum absolute atomic E-state index is 0.0960. The number of ether oxygens (including phenoxy) is 1. The van der Waals surface area contributed by atoms with Gasteiger partial charge in [-0.15, -0.1) is 0 Å². The van der Waals surface area contributed by atoms with E-state index in [2.05, 4.69) is 11.1 Å². The number of benzene rings is 1. The highest BCUT2D eigenvalue weighted by molar-refractivity contribution is 5.88. The smallest absolute Gasteiger partial charge is 0.358 e. The van der Waals surface area contributed by atoms with E-state index in [1.807, 2.05) is 6.92 Å². The predicted molar refractivity (Wildman–Crippen MR) is 76.2 cm³/mol. The number of hydrogen-bond acceptors (Lipinski definition) is 4. The highest BCUT2D eigenvalue weighted by atomic mass is 16.5. The van der Waals surface area contributed by atoms with Gasteiger partial charge in [-0.1, -0.05) is 6.07 Å². The van der Waals surface area contributed by atoms with E-state index in [1.165, 1.54) is 0 Å². The van der Waals surface area contributed by atoms with Gasteiger partial charge in [-0.05, 0) is 49.2 Å². The number of nitriles is 1. The number of aryl methyl sites for hydroxylation is 2. The third-order valence-corrected chi connectivity index (χ3v) is 3.05. The fourth-order valence-electron chi connectivity index (χ4n) is 1.90. The summed E-state index contributed by atoms with van der Waals surface area (Å²) < 4.78 is 5.57. The van der Waals surface area contributed by atoms with Crippen LogP contribution in [0.15, 0.2) is 30.3 Å². The molecule has 0 spiro atoms. The van der Waals surface area contributed by atoms with Crippen molar-refractivity contribution in [3.63, 3.8) is 0 Å². The molecule has 5 nitrogen and oxygen atoms in total. The fourth-order valence-corrected chi connectivity index (χ4v) is 1.90. The van der Waals surface area contributed by atoms with E-state index in [4.69, 9.17) is 15.1 Å². The quantitative estimate of drug-likeness (QED) is 0.932. The number of carboxylic acid groups (broad SMARTS) is 1. The van der Waals surface area contributed by atoms with Crippen molar-refractivity contribution in [2.75, 3.05) is 0 Å². The molecule has 0 saturated carbocycles. The molecule has 0 aliphatic carbocycles. The second kappa shape index (κ2) is 6.06. The Morgan fingerprint density at radius 2 is 2.10 bits per heavy atom. The number of rotatable bonds is 4. The van der Waals surface area contributed by atoms with E-state index >= 15 is 0 Å². The Hall–Kier alpha value is -2.87. The van der Waals surface area contributed by atoms with E-state index in [-0.39, 0.29) is 18.1 Å². The lowest BCUT2D eigenvalue weighted by Crippen LogP contribution is -2.07. The molecule has 0 atom stereocenters. The molecule has 5 heteroatoms. The monoisotopic (exact) mass is 282 g/mol. The number of aromatic nitrogens is 1. The van der Waals surface area contributed by atoms with Crippen LogP contribution >= 0.6 is 0 Å². The van der Waals surface area contributed by atoms with Crippen molar-refractivity contribution >= 4 is 5.97 Å². The Morgan fingerprint density at radius 3 is 2.71 bits per heavy atom. The van der Waals surface area contributed by atoms with Crippen molar-refractivity contribution in [1.82, 2.24) is 4.98 Å². The number of nitrogens with zero attached hydrogens (tertiary/aromatic N) is 2. The van der Waals surface area contributed by atoms with Crippen molar-refractivity contribution in [2.45, 2.75) is 20.5 Å². The van der Waals surface area contributed by atoms with Gasteiger partial charge in [0.05, 0.1) is 11.6 Å². The van der Waals surface area contributed by atoms with Gasteiger partial charge in [-0.3, -0.25) is 0 Å². The Balaban J connectivity index is 2.21. The number of hydrogen-bond donors (Lipinski definition) is 1. The molecule has 0 radical (unpaired) electrons. The molecular weight excluding hydrogens is 268 g/mol. The van der Waals surface area contributed by atoms with Gasteiger partial charge in [0, 0.05) is 5.69 Å². The zero-order valence-corrected chi connectivity index (χ0v) is 11.8. The molecule has 1 heterocycles. The number of carbonyl (C=O) groups is 1. The summed E-state index contributed by atoms with van der Waals surface area (Å²) in [6, 6.07) is 10.6. The third-order valence-electron chi connectivity index (χ3n) is 3.05. The van der Waals surface area contributed by atoms with Gasteiger partial charge >= 0.3 is 5.97 Å². The van der Waals surface area contributed by atoms with Gasteiger partial charge in [0.2, 0.25) is 0 Å². The summed E-state index contributed by atoms with van der Waals surface area (Å²) >= 11 is 0. The fraction of sp³-hybridized carbons (Fsp3) is 0.188. The molecule has 2 aromatic rings. The average Bonchev–Trinajstić information content (AvgIpc) is 2.46. The van der Waals surface area contributed by atoms with E-state index in [1.54, 1.807) is 37.3 Å². The largest absolute Gasteiger partial charge is 0.486 e. The van der Waals surface area contributed by atoms with Crippen LogP contribution in [-0.2, 0) is 6.61 Å². The SMILES string of the molecule is Cc1ccc(OCc2ccc(C#N)cc2C)c(C(=O)O)n1. The highest BCUT2D eigenvalue weighted by Crippen LogP contribution is 2.20. The summed E-state index contributed by atoms with van der Waals surface area (Å²) in [7, 11) is 0. The molecular formula is C16H14N2O3. The maximum Gasteiger partial charge on any atom is 0.358 e. The van der Waals surface area contributed by atoms with Gasteiger partial charge in [-0.25, -0.2) is 9.78 Å². The number of carboxylic acids is 1. The van der Waals surface area contributed by atoms with Crippen LogP contribution in [0.3, 0.4) is 0 Å². The maximum atomic E-state index is 11.2. The van der Waals surface area contributed by atoms with Gasteiger partial charge in [0.25, 0.3) is 0 Å². The molecule has 0 unspecified atom stereocenters. The van der Waals surface area contributed by atoms with E-state index in [9.17, 15) is 4.79 Å². The lowest BCUT2D eigenvalue weighted by atomic mass is 10.1. The van der Waals surface area contributed by atoms with Gasteiger partial charge in [0.15, 0.2) is 11.4 Å². The molecule has 0 fully saturated rings. The van der Waals surface area contributed by atoms with Crippen molar-refractivity contribution in [3.05, 3.63) is 58.4 Å². The van der Waals surface area contributed by atoms with Gasteiger partial charge < -0.3 is 9.84 Å². The zero-order valence-electron chi connectivity index (χ0n) is 11.8. The maximum absolute atomic E-state index is 11.2. The topological polar surface area (TPSA) is 83.2 Å². The summed E-state index contributed by atoms with van der Waals surface area (Å²) in [5.74, 6) is -0.887.